The summed E-state index contributed by atoms with van der Waals surface area (Å²) in [5.41, 5.74) is 0. The topological polar surface area (TPSA) is 24.1 Å². The van der Waals surface area contributed by atoms with Gasteiger partial charge in [-0.2, -0.15) is 11.8 Å². The molecule has 0 bridgehead atoms. The largest absolute Gasteiger partial charge is 0.317 e. The van der Waals surface area contributed by atoms with Crippen LogP contribution < -0.4 is 10.6 Å². The van der Waals surface area contributed by atoms with E-state index >= 15 is 0 Å². The van der Waals surface area contributed by atoms with Gasteiger partial charge in [-0.05, 0) is 50.9 Å². The minimum Gasteiger partial charge on any atom is -0.317 e. The lowest BCUT2D eigenvalue weighted by atomic mass is 10.1. The van der Waals surface area contributed by atoms with E-state index in [1.165, 1.54) is 44.6 Å². The Labute approximate surface area is 79.9 Å². The predicted octanol–water partition coefficient (Wildman–Crippen LogP) is 1.08. The zero-order valence-corrected chi connectivity index (χ0v) is 8.75. The van der Waals surface area contributed by atoms with Crippen LogP contribution in [0.5, 0.6) is 0 Å². The fourth-order valence-corrected chi connectivity index (χ4v) is 1.98. The van der Waals surface area contributed by atoms with Crippen LogP contribution in [-0.4, -0.2) is 37.7 Å². The van der Waals surface area contributed by atoms with Gasteiger partial charge < -0.3 is 10.6 Å². The average molecular weight is 188 g/mol. The second-order valence-electron chi connectivity index (χ2n) is 3.32. The van der Waals surface area contributed by atoms with E-state index in [0.717, 1.165) is 6.04 Å². The molecule has 0 aliphatic carbocycles. The third-order valence-corrected chi connectivity index (χ3v) is 2.99. The highest BCUT2D eigenvalue weighted by atomic mass is 32.2. The summed E-state index contributed by atoms with van der Waals surface area (Å²) in [6.07, 6.45) is 6.09. The first-order valence-corrected chi connectivity index (χ1v) is 6.26. The Morgan fingerprint density at radius 1 is 1.42 bits per heavy atom. The van der Waals surface area contributed by atoms with Crippen LogP contribution in [0.1, 0.15) is 19.3 Å². The summed E-state index contributed by atoms with van der Waals surface area (Å²) in [7, 11) is 0. The lowest BCUT2D eigenvalue weighted by Gasteiger charge is -2.23. The van der Waals surface area contributed by atoms with Gasteiger partial charge in [0.25, 0.3) is 0 Å². The van der Waals surface area contributed by atoms with E-state index in [2.05, 4.69) is 16.9 Å². The van der Waals surface area contributed by atoms with E-state index in [0.29, 0.717) is 0 Å². The maximum Gasteiger partial charge on any atom is 0.00912 e. The smallest absolute Gasteiger partial charge is 0.00912 e. The number of piperidine rings is 1. The number of hydrogen-bond acceptors (Lipinski definition) is 3. The molecule has 0 saturated carbocycles. The molecular formula is C9H20N2S. The van der Waals surface area contributed by atoms with Crippen LogP contribution in [0.2, 0.25) is 0 Å². The van der Waals surface area contributed by atoms with E-state index in [1.807, 2.05) is 11.8 Å². The van der Waals surface area contributed by atoms with Crippen molar-refractivity contribution in [2.75, 3.05) is 31.6 Å². The van der Waals surface area contributed by atoms with Crippen molar-refractivity contribution in [3.63, 3.8) is 0 Å². The maximum atomic E-state index is 3.60. The molecule has 0 atom stereocenters. The van der Waals surface area contributed by atoms with Gasteiger partial charge in [-0.15, -0.1) is 0 Å². The molecule has 0 amide bonds. The van der Waals surface area contributed by atoms with E-state index in [4.69, 9.17) is 0 Å². The van der Waals surface area contributed by atoms with Gasteiger partial charge in [-0.25, -0.2) is 0 Å². The van der Waals surface area contributed by atoms with Crippen LogP contribution in [0.3, 0.4) is 0 Å². The molecular weight excluding hydrogens is 168 g/mol. The highest BCUT2D eigenvalue weighted by Gasteiger charge is 2.10. The van der Waals surface area contributed by atoms with Crippen molar-refractivity contribution in [3.8, 4) is 0 Å². The van der Waals surface area contributed by atoms with Crippen molar-refractivity contribution in [2.45, 2.75) is 25.3 Å². The Morgan fingerprint density at radius 2 is 2.17 bits per heavy atom. The van der Waals surface area contributed by atoms with Gasteiger partial charge in [-0.3, -0.25) is 0 Å². The van der Waals surface area contributed by atoms with Gasteiger partial charge in [0.1, 0.15) is 0 Å². The summed E-state index contributed by atoms with van der Waals surface area (Å²) in [5.74, 6) is 1.29. The van der Waals surface area contributed by atoms with Gasteiger partial charge in [0, 0.05) is 6.04 Å². The molecule has 1 aliphatic rings. The molecule has 0 aromatic heterocycles. The lowest BCUT2D eigenvalue weighted by Crippen LogP contribution is -2.40. The van der Waals surface area contributed by atoms with E-state index < -0.39 is 0 Å². The normalized spacial score (nSPS) is 19.8. The summed E-state index contributed by atoms with van der Waals surface area (Å²) >= 11 is 1.94. The standard InChI is InChI=1S/C9H20N2S/c1-12-8-2-5-11-9-3-6-10-7-4-9/h9-11H,2-8H2,1H3. The van der Waals surface area contributed by atoms with Crippen molar-refractivity contribution >= 4 is 11.8 Å². The van der Waals surface area contributed by atoms with Gasteiger partial charge in [-0.1, -0.05) is 0 Å². The molecule has 0 aromatic carbocycles. The van der Waals surface area contributed by atoms with Crippen molar-refractivity contribution in [2.24, 2.45) is 0 Å². The Morgan fingerprint density at radius 3 is 2.83 bits per heavy atom. The average Bonchev–Trinajstić information content (AvgIpc) is 2.14. The summed E-state index contributed by atoms with van der Waals surface area (Å²) in [6, 6.07) is 0.785. The van der Waals surface area contributed by atoms with Crippen LogP contribution in [0.15, 0.2) is 0 Å². The molecule has 72 valence electrons. The Kier molecular flexibility index (Phi) is 5.82. The molecule has 2 nitrogen and oxygen atoms in total. The maximum absolute atomic E-state index is 3.60. The minimum atomic E-state index is 0.785. The molecule has 1 saturated heterocycles. The Bertz CT molecular complexity index is 103. The molecule has 0 spiro atoms. The highest BCUT2D eigenvalue weighted by molar-refractivity contribution is 7.98. The van der Waals surface area contributed by atoms with Crippen LogP contribution in [0.4, 0.5) is 0 Å². The fraction of sp³-hybridized carbons (Fsp3) is 1.00. The molecule has 12 heavy (non-hydrogen) atoms. The third kappa shape index (κ3) is 4.33. The fourth-order valence-electron chi connectivity index (χ4n) is 1.55. The zero-order chi connectivity index (χ0) is 8.65. The van der Waals surface area contributed by atoms with E-state index in [-0.39, 0.29) is 0 Å². The van der Waals surface area contributed by atoms with E-state index in [1.54, 1.807) is 0 Å². The quantitative estimate of drug-likeness (QED) is 0.631. The summed E-state index contributed by atoms with van der Waals surface area (Å²) < 4.78 is 0. The van der Waals surface area contributed by atoms with Gasteiger partial charge in [0.05, 0.1) is 0 Å². The second kappa shape index (κ2) is 6.75. The Balaban J connectivity index is 1.91. The monoisotopic (exact) mass is 188 g/mol. The van der Waals surface area contributed by atoms with Crippen molar-refractivity contribution in [1.82, 2.24) is 10.6 Å². The van der Waals surface area contributed by atoms with Gasteiger partial charge in [0.15, 0.2) is 0 Å². The summed E-state index contributed by atoms with van der Waals surface area (Å²) in [6.45, 7) is 3.59. The first-order valence-electron chi connectivity index (χ1n) is 4.86. The molecule has 1 rings (SSSR count). The van der Waals surface area contributed by atoms with Crippen LogP contribution in [0, 0.1) is 0 Å². The lowest BCUT2D eigenvalue weighted by molar-refractivity contribution is 0.389. The molecule has 0 unspecified atom stereocenters. The van der Waals surface area contributed by atoms with Crippen LogP contribution >= 0.6 is 11.8 Å². The van der Waals surface area contributed by atoms with Crippen molar-refractivity contribution in [1.29, 1.82) is 0 Å². The third-order valence-electron chi connectivity index (χ3n) is 2.30. The number of nitrogens with one attached hydrogen (secondary N) is 2. The first-order chi connectivity index (χ1) is 5.93. The van der Waals surface area contributed by atoms with Crippen LogP contribution in [0.25, 0.3) is 0 Å². The minimum absolute atomic E-state index is 0.785. The first kappa shape index (κ1) is 10.4. The van der Waals surface area contributed by atoms with Crippen LogP contribution in [-0.2, 0) is 0 Å². The molecule has 0 aromatic rings. The summed E-state index contributed by atoms with van der Waals surface area (Å²) in [4.78, 5) is 0. The molecule has 3 heteroatoms. The SMILES string of the molecule is CSCCCNC1CCNCC1. The number of thioether (sulfide) groups is 1. The predicted molar refractivity (Wildman–Crippen MR) is 56.9 cm³/mol. The second-order valence-corrected chi connectivity index (χ2v) is 4.31. The molecule has 1 fully saturated rings. The van der Waals surface area contributed by atoms with Gasteiger partial charge in [0.2, 0.25) is 0 Å². The zero-order valence-electron chi connectivity index (χ0n) is 7.94. The molecule has 1 aliphatic heterocycles. The number of rotatable bonds is 5. The molecule has 0 radical (unpaired) electrons. The highest BCUT2D eigenvalue weighted by Crippen LogP contribution is 2.02. The molecule has 1 heterocycles. The summed E-state index contributed by atoms with van der Waals surface area (Å²) in [5, 5.41) is 6.98. The Hall–Kier alpha value is 0.270. The van der Waals surface area contributed by atoms with Gasteiger partial charge >= 0.3 is 0 Å². The van der Waals surface area contributed by atoms with Crippen molar-refractivity contribution < 1.29 is 0 Å². The van der Waals surface area contributed by atoms with E-state index in [9.17, 15) is 0 Å². The molecule has 2 N–H and O–H groups in total. The van der Waals surface area contributed by atoms with Crippen molar-refractivity contribution in [3.05, 3.63) is 0 Å². The number of hydrogen-bond donors (Lipinski definition) is 2.